The van der Waals surface area contributed by atoms with Crippen molar-refractivity contribution < 1.29 is 4.74 Å². The van der Waals surface area contributed by atoms with Gasteiger partial charge in [0.25, 0.3) is 0 Å². The molecular formula is C18H33IN4OS. The number of rotatable bonds is 10. The summed E-state index contributed by atoms with van der Waals surface area (Å²) in [5, 5.41) is 7.98. The average molecular weight is 480 g/mol. The van der Waals surface area contributed by atoms with E-state index >= 15 is 0 Å². The third kappa shape index (κ3) is 7.78. The number of hydrogen-bond acceptors (Lipinski definition) is 4. The predicted molar refractivity (Wildman–Crippen MR) is 117 cm³/mol. The summed E-state index contributed by atoms with van der Waals surface area (Å²) in [5.41, 5.74) is 1.54. The molecule has 0 spiro atoms. The molecule has 144 valence electrons. The van der Waals surface area contributed by atoms with E-state index in [0.717, 1.165) is 57.3 Å². The van der Waals surface area contributed by atoms with E-state index < -0.39 is 0 Å². The Morgan fingerprint density at radius 1 is 1.28 bits per heavy atom. The van der Waals surface area contributed by atoms with Crippen molar-refractivity contribution in [3.05, 3.63) is 15.6 Å². The lowest BCUT2D eigenvalue weighted by Crippen LogP contribution is -2.38. The van der Waals surface area contributed by atoms with E-state index in [-0.39, 0.29) is 24.0 Å². The van der Waals surface area contributed by atoms with Crippen molar-refractivity contribution in [2.75, 3.05) is 32.8 Å². The molecule has 2 rings (SSSR count). The van der Waals surface area contributed by atoms with Gasteiger partial charge >= 0.3 is 0 Å². The largest absolute Gasteiger partial charge is 0.382 e. The summed E-state index contributed by atoms with van der Waals surface area (Å²) in [6.45, 7) is 12.7. The smallest absolute Gasteiger partial charge is 0.191 e. The van der Waals surface area contributed by atoms with Crippen molar-refractivity contribution in [3.8, 4) is 0 Å². The van der Waals surface area contributed by atoms with Crippen molar-refractivity contribution in [3.63, 3.8) is 0 Å². The molecular weight excluding hydrogens is 447 g/mol. The lowest BCUT2D eigenvalue weighted by Gasteiger charge is -2.15. The molecule has 0 aromatic carbocycles. The number of guanidine groups is 1. The van der Waals surface area contributed by atoms with Gasteiger partial charge in [-0.1, -0.05) is 0 Å². The molecule has 1 fully saturated rings. The van der Waals surface area contributed by atoms with Gasteiger partial charge in [-0.05, 0) is 52.4 Å². The SMILES string of the molecule is CCNC(=NCC1(CCOCC)CC1)NCCc1nc(C)c(C)s1.I. The Labute approximate surface area is 173 Å². The van der Waals surface area contributed by atoms with Gasteiger partial charge in [0.05, 0.1) is 10.7 Å². The molecule has 1 saturated carbocycles. The first-order valence-corrected chi connectivity index (χ1v) is 9.93. The van der Waals surface area contributed by atoms with Crippen LogP contribution in [0.3, 0.4) is 0 Å². The third-order valence-corrected chi connectivity index (χ3v) is 5.69. The zero-order chi connectivity index (χ0) is 17.4. The second kappa shape index (κ2) is 11.3. The van der Waals surface area contributed by atoms with Crippen molar-refractivity contribution in [1.29, 1.82) is 0 Å². The maximum atomic E-state index is 5.50. The lowest BCUT2D eigenvalue weighted by atomic mass is 10.0. The van der Waals surface area contributed by atoms with Gasteiger partial charge < -0.3 is 15.4 Å². The number of nitrogens with one attached hydrogen (secondary N) is 2. The highest BCUT2D eigenvalue weighted by molar-refractivity contribution is 14.0. The van der Waals surface area contributed by atoms with Gasteiger partial charge in [0.15, 0.2) is 5.96 Å². The first-order chi connectivity index (χ1) is 11.6. The summed E-state index contributed by atoms with van der Waals surface area (Å²) in [4.78, 5) is 10.7. The highest BCUT2D eigenvalue weighted by atomic mass is 127. The van der Waals surface area contributed by atoms with Crippen LogP contribution < -0.4 is 10.6 Å². The molecule has 0 aliphatic heterocycles. The molecule has 2 N–H and O–H groups in total. The van der Waals surface area contributed by atoms with Gasteiger partial charge in [-0.25, -0.2) is 4.98 Å². The molecule has 1 heterocycles. The monoisotopic (exact) mass is 480 g/mol. The Bertz CT molecular complexity index is 524. The van der Waals surface area contributed by atoms with Gasteiger partial charge in [-0.3, -0.25) is 4.99 Å². The lowest BCUT2D eigenvalue weighted by molar-refractivity contribution is 0.129. The minimum absolute atomic E-state index is 0. The van der Waals surface area contributed by atoms with Crippen molar-refractivity contribution >= 4 is 41.3 Å². The minimum atomic E-state index is 0. The minimum Gasteiger partial charge on any atom is -0.382 e. The summed E-state index contributed by atoms with van der Waals surface area (Å²) in [6.07, 6.45) is 4.63. The highest BCUT2D eigenvalue weighted by Crippen LogP contribution is 2.48. The van der Waals surface area contributed by atoms with Gasteiger partial charge in [0.2, 0.25) is 0 Å². The molecule has 1 aliphatic carbocycles. The summed E-state index contributed by atoms with van der Waals surface area (Å²) < 4.78 is 5.50. The number of thiazole rings is 1. The third-order valence-electron chi connectivity index (χ3n) is 4.56. The van der Waals surface area contributed by atoms with Gasteiger partial charge in [-0.15, -0.1) is 35.3 Å². The van der Waals surface area contributed by atoms with Crippen LogP contribution in [-0.4, -0.2) is 43.8 Å². The van der Waals surface area contributed by atoms with Crippen molar-refractivity contribution in [1.82, 2.24) is 15.6 Å². The zero-order valence-electron chi connectivity index (χ0n) is 16.0. The Morgan fingerprint density at radius 3 is 2.60 bits per heavy atom. The molecule has 1 aromatic heterocycles. The Balaban J connectivity index is 0.00000312. The number of aliphatic imine (C=N–C) groups is 1. The summed E-state index contributed by atoms with van der Waals surface area (Å²) in [5.74, 6) is 0.921. The van der Waals surface area contributed by atoms with Crippen LogP contribution in [0.2, 0.25) is 0 Å². The van der Waals surface area contributed by atoms with E-state index in [0.29, 0.717) is 5.41 Å². The summed E-state index contributed by atoms with van der Waals surface area (Å²) in [7, 11) is 0. The van der Waals surface area contributed by atoms with E-state index in [1.807, 2.05) is 0 Å². The fraction of sp³-hybridized carbons (Fsp3) is 0.778. The molecule has 0 radical (unpaired) electrons. The molecule has 1 aromatic rings. The van der Waals surface area contributed by atoms with Crippen LogP contribution in [0.25, 0.3) is 0 Å². The molecule has 0 atom stereocenters. The van der Waals surface area contributed by atoms with Crippen molar-refractivity contribution in [2.24, 2.45) is 10.4 Å². The Hall–Kier alpha value is -0.410. The number of hydrogen-bond donors (Lipinski definition) is 2. The second-order valence-electron chi connectivity index (χ2n) is 6.57. The fourth-order valence-electron chi connectivity index (χ4n) is 2.62. The van der Waals surface area contributed by atoms with E-state index in [4.69, 9.17) is 9.73 Å². The van der Waals surface area contributed by atoms with Gasteiger partial charge in [-0.2, -0.15) is 0 Å². The Kier molecular flexibility index (Phi) is 10.3. The van der Waals surface area contributed by atoms with Crippen LogP contribution in [0.15, 0.2) is 4.99 Å². The molecule has 5 nitrogen and oxygen atoms in total. The molecule has 25 heavy (non-hydrogen) atoms. The standard InChI is InChI=1S/C18H32N4OS.HI/c1-5-19-17(20-11-7-16-22-14(3)15(4)24-16)21-13-18(8-9-18)10-12-23-6-2;/h5-13H2,1-4H3,(H2,19,20,21);1H. The predicted octanol–water partition coefficient (Wildman–Crippen LogP) is 3.68. The number of aryl methyl sites for hydroxylation is 2. The number of ether oxygens (including phenoxy) is 1. The van der Waals surface area contributed by atoms with Crippen LogP contribution in [0, 0.1) is 19.3 Å². The van der Waals surface area contributed by atoms with Crippen LogP contribution in [0.5, 0.6) is 0 Å². The molecule has 0 unspecified atom stereocenters. The molecule has 0 bridgehead atoms. The molecule has 0 saturated heterocycles. The molecule has 7 heteroatoms. The van der Waals surface area contributed by atoms with E-state index in [1.54, 1.807) is 11.3 Å². The normalized spacial score (nSPS) is 15.6. The topological polar surface area (TPSA) is 58.5 Å². The van der Waals surface area contributed by atoms with Crippen molar-refractivity contribution in [2.45, 2.75) is 53.4 Å². The van der Waals surface area contributed by atoms with Gasteiger partial charge in [0, 0.05) is 44.1 Å². The molecule has 1 aliphatic rings. The zero-order valence-corrected chi connectivity index (χ0v) is 19.1. The van der Waals surface area contributed by atoms with E-state index in [2.05, 4.69) is 43.3 Å². The van der Waals surface area contributed by atoms with Crippen LogP contribution >= 0.6 is 35.3 Å². The van der Waals surface area contributed by atoms with Crippen LogP contribution in [0.4, 0.5) is 0 Å². The number of nitrogens with zero attached hydrogens (tertiary/aromatic N) is 2. The maximum absolute atomic E-state index is 5.50. The molecule has 0 amide bonds. The first-order valence-electron chi connectivity index (χ1n) is 9.11. The van der Waals surface area contributed by atoms with Crippen LogP contribution in [-0.2, 0) is 11.2 Å². The summed E-state index contributed by atoms with van der Waals surface area (Å²) >= 11 is 1.79. The quantitative estimate of drug-likeness (QED) is 0.232. The maximum Gasteiger partial charge on any atom is 0.191 e. The summed E-state index contributed by atoms with van der Waals surface area (Å²) in [6, 6.07) is 0. The van der Waals surface area contributed by atoms with Crippen LogP contribution in [0.1, 0.15) is 48.7 Å². The number of aromatic nitrogens is 1. The second-order valence-corrected chi connectivity index (χ2v) is 7.86. The first kappa shape index (κ1) is 22.6. The van der Waals surface area contributed by atoms with E-state index in [9.17, 15) is 0 Å². The van der Waals surface area contributed by atoms with E-state index in [1.165, 1.54) is 22.7 Å². The Morgan fingerprint density at radius 2 is 2.04 bits per heavy atom. The average Bonchev–Trinajstić information content (AvgIpc) is 3.25. The highest BCUT2D eigenvalue weighted by Gasteiger charge is 2.41. The number of halogens is 1. The fourth-order valence-corrected chi connectivity index (χ4v) is 3.55. The van der Waals surface area contributed by atoms with Gasteiger partial charge in [0.1, 0.15) is 0 Å².